The van der Waals surface area contributed by atoms with Crippen molar-refractivity contribution in [2.45, 2.75) is 59.3 Å². The summed E-state index contributed by atoms with van der Waals surface area (Å²) in [6, 6.07) is 26.0. The molecule has 2 N–H and O–H groups in total. The SMILES string of the molecule is CC(C)(CNC(=O)c1cc2ccc(Oc3ccc(C(C)(C)C)cc3)cc2c(CCc2ccccc2)n1)CC(=O)O. The fraction of sp³-hybridized carbons (Fsp3) is 0.324. The molecule has 4 aromatic rings. The normalized spacial score (nSPS) is 11.8. The van der Waals surface area contributed by atoms with Gasteiger partial charge in [-0.25, -0.2) is 4.98 Å². The van der Waals surface area contributed by atoms with Crippen molar-refractivity contribution < 1.29 is 19.4 Å². The van der Waals surface area contributed by atoms with Gasteiger partial charge in [0.1, 0.15) is 17.2 Å². The van der Waals surface area contributed by atoms with Crippen LogP contribution >= 0.6 is 0 Å². The number of aryl methyl sites for hydroxylation is 2. The van der Waals surface area contributed by atoms with Crippen molar-refractivity contribution in [3.8, 4) is 11.5 Å². The van der Waals surface area contributed by atoms with Crippen molar-refractivity contribution in [3.05, 3.63) is 101 Å². The van der Waals surface area contributed by atoms with Crippen LogP contribution in [-0.4, -0.2) is 28.5 Å². The number of carboxylic acids is 1. The largest absolute Gasteiger partial charge is 0.481 e. The van der Waals surface area contributed by atoms with E-state index < -0.39 is 11.4 Å². The second-order valence-corrected chi connectivity index (χ2v) is 12.1. The molecule has 0 unspecified atom stereocenters. The number of amides is 1. The number of pyridine rings is 1. The van der Waals surface area contributed by atoms with Crippen LogP contribution in [0.15, 0.2) is 78.9 Å². The molecule has 4 rings (SSSR count). The summed E-state index contributed by atoms with van der Waals surface area (Å²) in [6.45, 7) is 10.4. The lowest BCUT2D eigenvalue weighted by Gasteiger charge is -2.22. The molecule has 0 aliphatic rings. The molecule has 0 saturated carbocycles. The Kier molecular flexibility index (Phi) is 8.58. The molecule has 40 heavy (non-hydrogen) atoms. The summed E-state index contributed by atoms with van der Waals surface area (Å²) in [6.07, 6.45) is 1.39. The van der Waals surface area contributed by atoms with Crippen molar-refractivity contribution in [2.24, 2.45) is 5.41 Å². The van der Waals surface area contributed by atoms with Gasteiger partial charge in [-0.1, -0.05) is 83.1 Å². The number of hydrogen-bond acceptors (Lipinski definition) is 4. The number of aliphatic carboxylic acids is 1. The topological polar surface area (TPSA) is 88.5 Å². The molecule has 0 spiro atoms. The van der Waals surface area contributed by atoms with Crippen LogP contribution in [0.3, 0.4) is 0 Å². The van der Waals surface area contributed by atoms with Crippen molar-refractivity contribution in [1.82, 2.24) is 10.3 Å². The average molecular weight is 539 g/mol. The molecule has 1 heterocycles. The first kappa shape index (κ1) is 28.8. The van der Waals surface area contributed by atoms with E-state index in [2.05, 4.69) is 50.4 Å². The number of nitrogens with zero attached hydrogens (tertiary/aromatic N) is 1. The van der Waals surface area contributed by atoms with Crippen molar-refractivity contribution >= 4 is 22.6 Å². The Morgan fingerprint density at radius 1 is 0.850 bits per heavy atom. The minimum absolute atomic E-state index is 0.0392. The summed E-state index contributed by atoms with van der Waals surface area (Å²) in [5.41, 5.74) is 3.04. The predicted octanol–water partition coefficient (Wildman–Crippen LogP) is 7.34. The van der Waals surface area contributed by atoms with Crippen LogP contribution in [0.4, 0.5) is 0 Å². The second kappa shape index (κ2) is 11.9. The van der Waals surface area contributed by atoms with Gasteiger partial charge in [0.2, 0.25) is 0 Å². The van der Waals surface area contributed by atoms with Crippen LogP contribution in [0.5, 0.6) is 11.5 Å². The van der Waals surface area contributed by atoms with E-state index in [1.165, 1.54) is 11.1 Å². The van der Waals surface area contributed by atoms with Gasteiger partial charge in [0.15, 0.2) is 0 Å². The molecular formula is C34H38N2O4. The summed E-state index contributed by atoms with van der Waals surface area (Å²) >= 11 is 0. The Bertz CT molecular complexity index is 1490. The van der Waals surface area contributed by atoms with E-state index in [0.29, 0.717) is 17.9 Å². The number of carbonyl (C=O) groups excluding carboxylic acids is 1. The van der Waals surface area contributed by atoms with Gasteiger partial charge in [-0.2, -0.15) is 0 Å². The maximum atomic E-state index is 13.1. The number of aromatic nitrogens is 1. The van der Waals surface area contributed by atoms with Gasteiger partial charge >= 0.3 is 5.97 Å². The Hall–Kier alpha value is -4.19. The van der Waals surface area contributed by atoms with Crippen LogP contribution < -0.4 is 10.1 Å². The Labute approximate surface area is 236 Å². The molecule has 0 bridgehead atoms. The number of carbonyl (C=O) groups is 2. The van der Waals surface area contributed by atoms with Crippen LogP contribution in [0.25, 0.3) is 10.8 Å². The first-order valence-electron chi connectivity index (χ1n) is 13.7. The monoisotopic (exact) mass is 538 g/mol. The van der Waals surface area contributed by atoms with Crippen LogP contribution in [0.1, 0.15) is 68.3 Å². The van der Waals surface area contributed by atoms with Gasteiger partial charge in [-0.05, 0) is 70.5 Å². The maximum absolute atomic E-state index is 13.1. The van der Waals surface area contributed by atoms with Crippen LogP contribution in [0.2, 0.25) is 0 Å². The van der Waals surface area contributed by atoms with E-state index in [9.17, 15) is 9.59 Å². The highest BCUT2D eigenvalue weighted by atomic mass is 16.5. The fourth-order valence-corrected chi connectivity index (χ4v) is 4.62. The van der Waals surface area contributed by atoms with Crippen LogP contribution in [0, 0.1) is 5.41 Å². The average Bonchev–Trinajstić information content (AvgIpc) is 2.90. The van der Waals surface area contributed by atoms with E-state index in [4.69, 9.17) is 14.8 Å². The molecule has 6 heteroatoms. The molecule has 208 valence electrons. The first-order chi connectivity index (χ1) is 18.9. The van der Waals surface area contributed by atoms with E-state index in [0.717, 1.165) is 28.6 Å². The predicted molar refractivity (Wildman–Crippen MR) is 159 cm³/mol. The molecule has 0 atom stereocenters. The minimum Gasteiger partial charge on any atom is -0.481 e. The summed E-state index contributed by atoms with van der Waals surface area (Å²) in [5, 5.41) is 13.9. The summed E-state index contributed by atoms with van der Waals surface area (Å²) in [5.74, 6) is 0.243. The van der Waals surface area contributed by atoms with Crippen LogP contribution in [-0.2, 0) is 23.1 Å². The van der Waals surface area contributed by atoms with Crippen molar-refractivity contribution in [1.29, 1.82) is 0 Å². The second-order valence-electron chi connectivity index (χ2n) is 12.1. The zero-order chi connectivity index (χ0) is 28.9. The number of rotatable bonds is 10. The highest BCUT2D eigenvalue weighted by Gasteiger charge is 2.23. The lowest BCUT2D eigenvalue weighted by molar-refractivity contribution is -0.139. The third-order valence-corrected chi connectivity index (χ3v) is 6.92. The highest BCUT2D eigenvalue weighted by molar-refractivity contribution is 5.97. The van der Waals surface area contributed by atoms with Gasteiger partial charge in [0.05, 0.1) is 6.42 Å². The molecule has 3 aromatic carbocycles. The maximum Gasteiger partial charge on any atom is 0.303 e. The van der Waals surface area contributed by atoms with Gasteiger partial charge in [-0.15, -0.1) is 0 Å². The van der Waals surface area contributed by atoms with Gasteiger partial charge in [0.25, 0.3) is 5.91 Å². The summed E-state index contributed by atoms with van der Waals surface area (Å²) in [4.78, 5) is 29.1. The lowest BCUT2D eigenvalue weighted by atomic mass is 9.87. The van der Waals surface area contributed by atoms with E-state index in [1.807, 2.05) is 62.4 Å². The van der Waals surface area contributed by atoms with Gasteiger partial charge < -0.3 is 15.2 Å². The fourth-order valence-electron chi connectivity index (χ4n) is 4.62. The molecule has 0 aliphatic carbocycles. The third-order valence-electron chi connectivity index (χ3n) is 6.92. The summed E-state index contributed by atoms with van der Waals surface area (Å²) < 4.78 is 6.20. The van der Waals surface area contributed by atoms with E-state index in [1.54, 1.807) is 6.07 Å². The van der Waals surface area contributed by atoms with Gasteiger partial charge in [-0.3, -0.25) is 9.59 Å². The van der Waals surface area contributed by atoms with E-state index >= 15 is 0 Å². The van der Waals surface area contributed by atoms with Crippen molar-refractivity contribution in [2.75, 3.05) is 6.54 Å². The molecule has 0 fully saturated rings. The number of carboxylic acid groups (broad SMARTS) is 1. The number of benzene rings is 3. The third kappa shape index (κ3) is 7.69. The number of hydrogen-bond donors (Lipinski definition) is 2. The number of ether oxygens (including phenoxy) is 1. The lowest BCUT2D eigenvalue weighted by Crippen LogP contribution is -2.35. The molecule has 0 radical (unpaired) electrons. The summed E-state index contributed by atoms with van der Waals surface area (Å²) in [7, 11) is 0. The standard InChI is InChI=1S/C34H38N2O4/c1-33(2,3)25-13-16-26(17-14-25)40-27-15-12-24-19-30(32(39)35-22-34(4,5)21-31(37)38)36-29(28(24)20-27)18-11-23-9-7-6-8-10-23/h6-10,12-17,19-20H,11,18,21-22H2,1-5H3,(H,35,39)(H,37,38). The Morgan fingerprint density at radius 2 is 1.52 bits per heavy atom. The first-order valence-corrected chi connectivity index (χ1v) is 13.7. The molecule has 1 aromatic heterocycles. The Morgan fingerprint density at radius 3 is 2.17 bits per heavy atom. The molecule has 0 aliphatic heterocycles. The number of fused-ring (bicyclic) bond motifs is 1. The smallest absolute Gasteiger partial charge is 0.303 e. The van der Waals surface area contributed by atoms with Crippen molar-refractivity contribution in [3.63, 3.8) is 0 Å². The quantitative estimate of drug-likeness (QED) is 0.221. The van der Waals surface area contributed by atoms with Gasteiger partial charge in [0, 0.05) is 17.6 Å². The molecule has 6 nitrogen and oxygen atoms in total. The zero-order valence-corrected chi connectivity index (χ0v) is 24.0. The highest BCUT2D eigenvalue weighted by Crippen LogP contribution is 2.30. The Balaban J connectivity index is 1.62. The zero-order valence-electron chi connectivity index (χ0n) is 24.0. The molecule has 1 amide bonds. The minimum atomic E-state index is -0.894. The molecular weight excluding hydrogens is 500 g/mol. The number of nitrogens with one attached hydrogen (secondary N) is 1. The molecule has 0 saturated heterocycles. The van der Waals surface area contributed by atoms with E-state index in [-0.39, 0.29) is 24.3 Å².